The molecule has 2 amide bonds. The maximum atomic E-state index is 12.5. The summed E-state index contributed by atoms with van der Waals surface area (Å²) in [6.45, 7) is 6.20. The smallest absolute Gasteiger partial charge is 0.341 e. The molecule has 156 valence electrons. The van der Waals surface area contributed by atoms with Crippen LogP contribution in [0.1, 0.15) is 50.3 Å². The number of primary amides is 1. The molecular weight excluding hydrogens is 402 g/mol. The van der Waals surface area contributed by atoms with Gasteiger partial charge in [-0.25, -0.2) is 4.79 Å². The molecule has 2 aromatic rings. The summed E-state index contributed by atoms with van der Waals surface area (Å²) in [4.78, 5) is 47.2. The van der Waals surface area contributed by atoms with Crippen molar-refractivity contribution in [3.8, 4) is 0 Å². The molecule has 0 radical (unpaired) electrons. The minimum atomic E-state index is -0.730. The van der Waals surface area contributed by atoms with Crippen molar-refractivity contribution >= 4 is 39.8 Å². The Bertz CT molecular complexity index is 993. The van der Waals surface area contributed by atoms with Gasteiger partial charge >= 0.3 is 11.7 Å². The SMILES string of the molecule is CCCOC(=O)c1c(NC(=O)Cn2nc(C)c([N+](=O)[O-])c2C)sc(C(N)=O)c1C. The van der Waals surface area contributed by atoms with Gasteiger partial charge in [0.25, 0.3) is 5.91 Å². The van der Waals surface area contributed by atoms with Gasteiger partial charge in [0, 0.05) is 0 Å². The predicted molar refractivity (Wildman–Crippen MR) is 105 cm³/mol. The van der Waals surface area contributed by atoms with Crippen LogP contribution < -0.4 is 11.1 Å². The number of aromatic nitrogens is 2. The van der Waals surface area contributed by atoms with Crippen LogP contribution in [-0.4, -0.2) is 39.1 Å². The van der Waals surface area contributed by atoms with Crippen LogP contribution in [0.15, 0.2) is 0 Å². The molecule has 2 aromatic heterocycles. The van der Waals surface area contributed by atoms with Crippen LogP contribution >= 0.6 is 11.3 Å². The molecule has 0 spiro atoms. The summed E-state index contributed by atoms with van der Waals surface area (Å²) in [5.74, 6) is -1.98. The average Bonchev–Trinajstić information content (AvgIpc) is 3.08. The number of carbonyl (C=O) groups excluding carboxylic acids is 3. The molecule has 0 unspecified atom stereocenters. The van der Waals surface area contributed by atoms with E-state index in [1.165, 1.54) is 18.5 Å². The van der Waals surface area contributed by atoms with Crippen molar-refractivity contribution in [2.24, 2.45) is 5.73 Å². The average molecular weight is 423 g/mol. The first-order chi connectivity index (χ1) is 13.6. The molecular formula is C17H21N5O6S. The quantitative estimate of drug-likeness (QED) is 0.373. The number of thiophene rings is 1. The van der Waals surface area contributed by atoms with Crippen molar-refractivity contribution in [3.63, 3.8) is 0 Å². The summed E-state index contributed by atoms with van der Waals surface area (Å²) in [6, 6.07) is 0. The van der Waals surface area contributed by atoms with Gasteiger partial charge in [-0.2, -0.15) is 5.10 Å². The molecule has 0 atom stereocenters. The highest BCUT2D eigenvalue weighted by atomic mass is 32.1. The van der Waals surface area contributed by atoms with E-state index >= 15 is 0 Å². The van der Waals surface area contributed by atoms with Crippen LogP contribution in [-0.2, 0) is 16.1 Å². The number of hydrogen-bond acceptors (Lipinski definition) is 8. The van der Waals surface area contributed by atoms with Crippen molar-refractivity contribution in [3.05, 3.63) is 37.5 Å². The van der Waals surface area contributed by atoms with E-state index in [4.69, 9.17) is 10.5 Å². The Kier molecular flexibility index (Phi) is 6.69. The van der Waals surface area contributed by atoms with E-state index in [1.807, 2.05) is 6.92 Å². The number of hydrogen-bond donors (Lipinski definition) is 2. The van der Waals surface area contributed by atoms with Gasteiger partial charge in [-0.05, 0) is 32.8 Å². The summed E-state index contributed by atoms with van der Waals surface area (Å²) in [5, 5.41) is 17.8. The van der Waals surface area contributed by atoms with E-state index in [2.05, 4.69) is 10.4 Å². The third-order valence-corrected chi connectivity index (χ3v) is 5.31. The third-order valence-electron chi connectivity index (χ3n) is 4.08. The summed E-state index contributed by atoms with van der Waals surface area (Å²) < 4.78 is 6.33. The van der Waals surface area contributed by atoms with Gasteiger partial charge < -0.3 is 15.8 Å². The lowest BCUT2D eigenvalue weighted by molar-refractivity contribution is -0.386. The Labute approximate surface area is 170 Å². The number of rotatable bonds is 8. The second-order valence-corrected chi connectivity index (χ2v) is 7.26. The maximum Gasteiger partial charge on any atom is 0.341 e. The number of nitro groups is 1. The van der Waals surface area contributed by atoms with Gasteiger partial charge in [0.1, 0.15) is 22.9 Å². The van der Waals surface area contributed by atoms with Crippen LogP contribution in [0.5, 0.6) is 0 Å². The van der Waals surface area contributed by atoms with E-state index in [-0.39, 0.29) is 45.7 Å². The Balaban J connectivity index is 2.31. The highest BCUT2D eigenvalue weighted by molar-refractivity contribution is 7.18. The van der Waals surface area contributed by atoms with Gasteiger partial charge in [-0.3, -0.25) is 24.4 Å². The highest BCUT2D eigenvalue weighted by Gasteiger charge is 2.27. The molecule has 2 rings (SSSR count). The minimum Gasteiger partial charge on any atom is -0.462 e. The first kappa shape index (κ1) is 22.0. The van der Waals surface area contributed by atoms with E-state index in [0.717, 1.165) is 11.3 Å². The molecule has 12 heteroatoms. The fraction of sp³-hybridized carbons (Fsp3) is 0.412. The molecule has 0 aliphatic carbocycles. The van der Waals surface area contributed by atoms with Crippen LogP contribution in [0.3, 0.4) is 0 Å². The number of aryl methyl sites for hydroxylation is 1. The van der Waals surface area contributed by atoms with Crippen molar-refractivity contribution in [2.45, 2.75) is 40.7 Å². The van der Waals surface area contributed by atoms with Crippen molar-refractivity contribution in [2.75, 3.05) is 11.9 Å². The maximum absolute atomic E-state index is 12.5. The molecule has 0 fully saturated rings. The Morgan fingerprint density at radius 3 is 2.48 bits per heavy atom. The summed E-state index contributed by atoms with van der Waals surface area (Å²) in [6.07, 6.45) is 0.607. The first-order valence-corrected chi connectivity index (χ1v) is 9.48. The van der Waals surface area contributed by atoms with Crippen LogP contribution in [0.2, 0.25) is 0 Å². The van der Waals surface area contributed by atoms with Crippen LogP contribution in [0, 0.1) is 30.9 Å². The number of nitrogens with two attached hydrogens (primary N) is 1. The zero-order valence-electron chi connectivity index (χ0n) is 16.4. The highest BCUT2D eigenvalue weighted by Crippen LogP contribution is 2.33. The largest absolute Gasteiger partial charge is 0.462 e. The second-order valence-electron chi connectivity index (χ2n) is 6.24. The first-order valence-electron chi connectivity index (χ1n) is 8.66. The fourth-order valence-corrected chi connectivity index (χ4v) is 3.82. The molecule has 0 bridgehead atoms. The van der Waals surface area contributed by atoms with Gasteiger partial charge in [0.05, 0.1) is 22.0 Å². The van der Waals surface area contributed by atoms with Crippen LogP contribution in [0.4, 0.5) is 10.7 Å². The van der Waals surface area contributed by atoms with Crippen LogP contribution in [0.25, 0.3) is 0 Å². The van der Waals surface area contributed by atoms with Gasteiger partial charge in [-0.1, -0.05) is 6.92 Å². The second kappa shape index (κ2) is 8.82. The zero-order valence-corrected chi connectivity index (χ0v) is 17.2. The number of nitrogens with one attached hydrogen (secondary N) is 1. The van der Waals surface area contributed by atoms with Crippen molar-refractivity contribution in [1.29, 1.82) is 0 Å². The van der Waals surface area contributed by atoms with E-state index in [9.17, 15) is 24.5 Å². The lowest BCUT2D eigenvalue weighted by atomic mass is 10.1. The minimum absolute atomic E-state index is 0.0601. The molecule has 0 aliphatic rings. The van der Waals surface area contributed by atoms with E-state index in [1.54, 1.807) is 6.92 Å². The summed E-state index contributed by atoms with van der Waals surface area (Å²) >= 11 is 0.867. The normalized spacial score (nSPS) is 10.6. The standard InChI is InChI=1S/C17H21N5O6S/c1-5-6-28-17(25)12-8(2)14(15(18)24)29-16(12)19-11(23)7-21-10(4)13(22(26)27)9(3)20-21/h5-7H2,1-4H3,(H2,18,24)(H,19,23). The number of ether oxygens (including phenoxy) is 1. The summed E-state index contributed by atoms with van der Waals surface area (Å²) in [7, 11) is 0. The molecule has 11 nitrogen and oxygen atoms in total. The molecule has 0 aromatic carbocycles. The molecule has 3 N–H and O–H groups in total. The van der Waals surface area contributed by atoms with Crippen molar-refractivity contribution in [1.82, 2.24) is 9.78 Å². The molecule has 0 saturated heterocycles. The lowest BCUT2D eigenvalue weighted by Crippen LogP contribution is -2.21. The summed E-state index contributed by atoms with van der Waals surface area (Å²) in [5.41, 5.74) is 5.98. The topological polar surface area (TPSA) is 159 Å². The number of esters is 1. The number of amides is 2. The Morgan fingerprint density at radius 1 is 1.31 bits per heavy atom. The van der Waals surface area contributed by atoms with Gasteiger partial charge in [0.2, 0.25) is 5.91 Å². The number of nitrogens with zero attached hydrogens (tertiary/aromatic N) is 3. The Morgan fingerprint density at radius 2 is 1.97 bits per heavy atom. The monoisotopic (exact) mass is 423 g/mol. The molecule has 29 heavy (non-hydrogen) atoms. The molecule has 0 saturated carbocycles. The zero-order chi connectivity index (χ0) is 21.9. The fourth-order valence-electron chi connectivity index (χ4n) is 2.76. The Hall–Kier alpha value is -3.28. The molecule has 0 aliphatic heterocycles. The van der Waals surface area contributed by atoms with Gasteiger partial charge in [0.15, 0.2) is 0 Å². The predicted octanol–water partition coefficient (Wildman–Crippen LogP) is 2.08. The lowest BCUT2D eigenvalue weighted by Gasteiger charge is -2.08. The van der Waals surface area contributed by atoms with Gasteiger partial charge in [-0.15, -0.1) is 11.3 Å². The van der Waals surface area contributed by atoms with E-state index < -0.39 is 22.7 Å². The number of anilines is 1. The molecule has 2 heterocycles. The van der Waals surface area contributed by atoms with Crippen molar-refractivity contribution < 1.29 is 24.0 Å². The van der Waals surface area contributed by atoms with E-state index in [0.29, 0.717) is 12.0 Å². The third kappa shape index (κ3) is 4.59. The number of carbonyl (C=O) groups is 3.